The molecule has 0 bridgehead atoms. The molecule has 1 spiro atoms. The molecule has 7 nitrogen and oxygen atoms in total. The van der Waals surface area contributed by atoms with Crippen molar-refractivity contribution in [3.8, 4) is 0 Å². The van der Waals surface area contributed by atoms with Gasteiger partial charge in [-0.1, -0.05) is 0 Å². The third-order valence-corrected chi connectivity index (χ3v) is 4.58. The molecule has 3 saturated heterocycles. The van der Waals surface area contributed by atoms with Crippen LogP contribution in [0.4, 0.5) is 11.8 Å². The third kappa shape index (κ3) is 2.76. The zero-order valence-corrected chi connectivity index (χ0v) is 12.7. The summed E-state index contributed by atoms with van der Waals surface area (Å²) in [6.45, 7) is 6.47. The van der Waals surface area contributed by atoms with Crippen molar-refractivity contribution in [1.29, 1.82) is 0 Å². The molecule has 4 heterocycles. The van der Waals surface area contributed by atoms with E-state index in [1.54, 1.807) is 0 Å². The van der Waals surface area contributed by atoms with Gasteiger partial charge in [0.2, 0.25) is 5.95 Å². The second kappa shape index (κ2) is 5.98. The highest BCUT2D eigenvalue weighted by Gasteiger charge is 2.40. The highest BCUT2D eigenvalue weighted by molar-refractivity contribution is 5.44. The molecule has 4 rings (SSSR count). The molecule has 7 heteroatoms. The predicted molar refractivity (Wildman–Crippen MR) is 81.1 cm³/mol. The summed E-state index contributed by atoms with van der Waals surface area (Å²) in [5, 5.41) is 0. The standard InChI is InChI=1S/C15H22N4O3/c1-4-16-14(17-13(1)18-7-9-20-10-8-18)19-5-2-15(3-6-19)21-11-12-22-15/h1,4H,2-3,5-12H2. The first kappa shape index (κ1) is 14.2. The molecule has 120 valence electrons. The first-order valence-corrected chi connectivity index (χ1v) is 8.03. The van der Waals surface area contributed by atoms with E-state index in [-0.39, 0.29) is 5.79 Å². The maximum atomic E-state index is 5.77. The summed E-state index contributed by atoms with van der Waals surface area (Å²) in [6, 6.07) is 1.98. The molecule has 0 N–H and O–H groups in total. The largest absolute Gasteiger partial charge is 0.378 e. The van der Waals surface area contributed by atoms with E-state index in [2.05, 4.69) is 14.8 Å². The average Bonchev–Trinajstić information content (AvgIpc) is 3.05. The second-order valence-electron chi connectivity index (χ2n) is 5.91. The summed E-state index contributed by atoms with van der Waals surface area (Å²) >= 11 is 0. The average molecular weight is 306 g/mol. The fourth-order valence-corrected chi connectivity index (χ4v) is 3.29. The molecule has 3 aliphatic heterocycles. The van der Waals surface area contributed by atoms with Gasteiger partial charge in [0.15, 0.2) is 5.79 Å². The van der Waals surface area contributed by atoms with Crippen molar-refractivity contribution in [1.82, 2.24) is 9.97 Å². The van der Waals surface area contributed by atoms with Crippen molar-refractivity contribution >= 4 is 11.8 Å². The molecule has 0 unspecified atom stereocenters. The minimum absolute atomic E-state index is 0.349. The maximum absolute atomic E-state index is 5.77. The number of hydrogen-bond acceptors (Lipinski definition) is 7. The van der Waals surface area contributed by atoms with Crippen molar-refractivity contribution in [3.63, 3.8) is 0 Å². The van der Waals surface area contributed by atoms with Gasteiger partial charge >= 0.3 is 0 Å². The van der Waals surface area contributed by atoms with Crippen molar-refractivity contribution in [2.24, 2.45) is 0 Å². The molecule has 1 aromatic rings. The van der Waals surface area contributed by atoms with Crippen LogP contribution in [0.1, 0.15) is 12.8 Å². The Morgan fingerprint density at radius 3 is 2.36 bits per heavy atom. The smallest absolute Gasteiger partial charge is 0.227 e. The number of hydrogen-bond donors (Lipinski definition) is 0. The molecular weight excluding hydrogens is 284 g/mol. The van der Waals surface area contributed by atoms with Crippen LogP contribution in [0.3, 0.4) is 0 Å². The monoisotopic (exact) mass is 306 g/mol. The third-order valence-electron chi connectivity index (χ3n) is 4.58. The molecule has 0 amide bonds. The van der Waals surface area contributed by atoms with Gasteiger partial charge in [0.25, 0.3) is 0 Å². The van der Waals surface area contributed by atoms with Crippen LogP contribution in [0.5, 0.6) is 0 Å². The van der Waals surface area contributed by atoms with Crippen LogP contribution in [-0.2, 0) is 14.2 Å². The Morgan fingerprint density at radius 2 is 1.64 bits per heavy atom. The summed E-state index contributed by atoms with van der Waals surface area (Å²) < 4.78 is 16.9. The van der Waals surface area contributed by atoms with Gasteiger partial charge in [-0.25, -0.2) is 4.98 Å². The molecular formula is C15H22N4O3. The Balaban J connectivity index is 1.44. The summed E-state index contributed by atoms with van der Waals surface area (Å²) in [5.74, 6) is 1.44. The minimum atomic E-state index is -0.349. The molecule has 3 aliphatic rings. The molecule has 0 atom stereocenters. The number of ether oxygens (including phenoxy) is 3. The Bertz CT molecular complexity index is 505. The minimum Gasteiger partial charge on any atom is -0.378 e. The zero-order chi connectivity index (χ0) is 14.8. The maximum Gasteiger partial charge on any atom is 0.227 e. The molecule has 0 saturated carbocycles. The van der Waals surface area contributed by atoms with E-state index < -0.39 is 0 Å². The summed E-state index contributed by atoms with van der Waals surface area (Å²) in [7, 11) is 0. The summed E-state index contributed by atoms with van der Waals surface area (Å²) in [5.41, 5.74) is 0. The molecule has 0 radical (unpaired) electrons. The molecule has 3 fully saturated rings. The lowest BCUT2D eigenvalue weighted by atomic mass is 10.0. The van der Waals surface area contributed by atoms with Gasteiger partial charge in [0.1, 0.15) is 5.82 Å². The first-order chi connectivity index (χ1) is 10.8. The van der Waals surface area contributed by atoms with E-state index in [0.29, 0.717) is 13.2 Å². The van der Waals surface area contributed by atoms with E-state index in [4.69, 9.17) is 19.2 Å². The van der Waals surface area contributed by atoms with Crippen molar-refractivity contribution in [2.75, 3.05) is 62.4 Å². The van der Waals surface area contributed by atoms with Gasteiger partial charge < -0.3 is 24.0 Å². The lowest BCUT2D eigenvalue weighted by Gasteiger charge is -2.37. The number of rotatable bonds is 2. The first-order valence-electron chi connectivity index (χ1n) is 8.03. The van der Waals surface area contributed by atoms with Gasteiger partial charge in [-0.3, -0.25) is 0 Å². The van der Waals surface area contributed by atoms with Gasteiger partial charge in [-0.05, 0) is 6.07 Å². The Labute approximate surface area is 130 Å². The van der Waals surface area contributed by atoms with E-state index in [0.717, 1.165) is 64.0 Å². The van der Waals surface area contributed by atoms with Gasteiger partial charge in [0.05, 0.1) is 26.4 Å². The quantitative estimate of drug-likeness (QED) is 0.795. The number of aromatic nitrogens is 2. The van der Waals surface area contributed by atoms with Gasteiger partial charge in [0, 0.05) is 45.2 Å². The van der Waals surface area contributed by atoms with E-state index in [1.165, 1.54) is 0 Å². The van der Waals surface area contributed by atoms with Crippen molar-refractivity contribution in [2.45, 2.75) is 18.6 Å². The van der Waals surface area contributed by atoms with Gasteiger partial charge in [-0.2, -0.15) is 4.98 Å². The number of morpholine rings is 1. The zero-order valence-electron chi connectivity index (χ0n) is 12.7. The Hall–Kier alpha value is -1.44. The highest BCUT2D eigenvalue weighted by atomic mass is 16.7. The summed E-state index contributed by atoms with van der Waals surface area (Å²) in [4.78, 5) is 13.7. The SMILES string of the molecule is c1cc(N2CCOCC2)nc(N2CCC3(CC2)OCCO3)n1. The molecule has 0 aliphatic carbocycles. The van der Waals surface area contributed by atoms with Crippen LogP contribution in [-0.4, -0.2) is 68.4 Å². The van der Waals surface area contributed by atoms with Crippen LogP contribution < -0.4 is 9.80 Å². The normalized spacial score (nSPS) is 24.9. The van der Waals surface area contributed by atoms with Crippen LogP contribution in [0.25, 0.3) is 0 Å². The fourth-order valence-electron chi connectivity index (χ4n) is 3.29. The fraction of sp³-hybridized carbons (Fsp3) is 0.733. The van der Waals surface area contributed by atoms with E-state index >= 15 is 0 Å². The molecule has 0 aromatic carbocycles. The number of piperidine rings is 1. The van der Waals surface area contributed by atoms with Gasteiger partial charge in [-0.15, -0.1) is 0 Å². The Morgan fingerprint density at radius 1 is 0.909 bits per heavy atom. The molecule has 22 heavy (non-hydrogen) atoms. The van der Waals surface area contributed by atoms with E-state index in [9.17, 15) is 0 Å². The Kier molecular flexibility index (Phi) is 3.85. The van der Waals surface area contributed by atoms with Crippen molar-refractivity contribution < 1.29 is 14.2 Å². The van der Waals surface area contributed by atoms with Crippen molar-refractivity contribution in [3.05, 3.63) is 12.3 Å². The lowest BCUT2D eigenvalue weighted by molar-refractivity contribution is -0.169. The number of anilines is 2. The molecule has 1 aromatic heterocycles. The van der Waals surface area contributed by atoms with Crippen LogP contribution in [0, 0.1) is 0 Å². The predicted octanol–water partition coefficient (Wildman–Crippen LogP) is 0.657. The van der Waals surface area contributed by atoms with Crippen LogP contribution in [0.2, 0.25) is 0 Å². The van der Waals surface area contributed by atoms with E-state index in [1.807, 2.05) is 12.3 Å². The summed E-state index contributed by atoms with van der Waals surface area (Å²) in [6.07, 6.45) is 3.59. The van der Waals surface area contributed by atoms with Crippen LogP contribution >= 0.6 is 0 Å². The topological polar surface area (TPSA) is 60.0 Å². The lowest BCUT2D eigenvalue weighted by Crippen LogP contribution is -2.46. The highest BCUT2D eigenvalue weighted by Crippen LogP contribution is 2.32. The second-order valence-corrected chi connectivity index (χ2v) is 5.91. The van der Waals surface area contributed by atoms with Crippen LogP contribution in [0.15, 0.2) is 12.3 Å². The number of nitrogens with zero attached hydrogens (tertiary/aromatic N) is 4.